The molecule has 0 aromatic heterocycles. The molecule has 25 heavy (non-hydrogen) atoms. The lowest BCUT2D eigenvalue weighted by molar-refractivity contribution is 0.0623. The van der Waals surface area contributed by atoms with E-state index in [1.54, 1.807) is 7.11 Å². The van der Waals surface area contributed by atoms with E-state index >= 15 is 0 Å². The molecule has 3 nitrogen and oxygen atoms in total. The minimum atomic E-state index is -0.491. The number of hydrogen-bond acceptors (Lipinski definition) is 3. The minimum Gasteiger partial charge on any atom is -0.497 e. The van der Waals surface area contributed by atoms with Crippen LogP contribution in [-0.4, -0.2) is 36.2 Å². The fourth-order valence-electron chi connectivity index (χ4n) is 3.39. The first-order valence-electron chi connectivity index (χ1n) is 8.95. The van der Waals surface area contributed by atoms with Crippen molar-refractivity contribution in [3.8, 4) is 5.75 Å². The predicted molar refractivity (Wildman–Crippen MR) is 102 cm³/mol. The van der Waals surface area contributed by atoms with Crippen LogP contribution in [0.3, 0.4) is 0 Å². The maximum Gasteiger partial charge on any atom is 0.118 e. The molecule has 0 unspecified atom stereocenters. The maximum atomic E-state index is 10.7. The first-order valence-corrected chi connectivity index (χ1v) is 8.95. The van der Waals surface area contributed by atoms with E-state index in [4.69, 9.17) is 4.74 Å². The van der Waals surface area contributed by atoms with Crippen LogP contribution in [0.2, 0.25) is 0 Å². The summed E-state index contributed by atoms with van der Waals surface area (Å²) in [6.45, 7) is 3.99. The Kier molecular flexibility index (Phi) is 5.90. The molecule has 2 aromatic carbocycles. The van der Waals surface area contributed by atoms with E-state index < -0.39 is 6.10 Å². The van der Waals surface area contributed by atoms with Crippen molar-refractivity contribution in [1.82, 2.24) is 4.90 Å². The highest BCUT2D eigenvalue weighted by Gasteiger charge is 2.24. The van der Waals surface area contributed by atoms with Gasteiger partial charge in [0.25, 0.3) is 0 Å². The smallest absolute Gasteiger partial charge is 0.118 e. The van der Waals surface area contributed by atoms with Gasteiger partial charge in [0.1, 0.15) is 5.75 Å². The van der Waals surface area contributed by atoms with Gasteiger partial charge in [0.15, 0.2) is 0 Å². The van der Waals surface area contributed by atoms with E-state index in [1.807, 2.05) is 24.3 Å². The van der Waals surface area contributed by atoms with E-state index in [9.17, 15) is 5.11 Å². The summed E-state index contributed by atoms with van der Waals surface area (Å²) in [6, 6.07) is 18.4. The number of methoxy groups -OCH3 is 1. The highest BCUT2D eigenvalue weighted by atomic mass is 16.5. The van der Waals surface area contributed by atoms with E-state index in [1.165, 1.54) is 11.1 Å². The minimum absolute atomic E-state index is 0.0860. The number of nitrogens with zero attached hydrogens (tertiary/aromatic N) is 1. The molecule has 0 fully saturated rings. The molecule has 3 rings (SSSR count). The fraction of sp³-hybridized carbons (Fsp3) is 0.364. The lowest BCUT2D eigenvalue weighted by Gasteiger charge is -2.34. The molecule has 0 bridgehead atoms. The first kappa shape index (κ1) is 17.7. The summed E-state index contributed by atoms with van der Waals surface area (Å²) in [6.07, 6.45) is 3.93. The van der Waals surface area contributed by atoms with Crippen LogP contribution in [0.1, 0.15) is 30.6 Å². The molecule has 0 aliphatic carbocycles. The van der Waals surface area contributed by atoms with Crippen LogP contribution in [0, 0.1) is 0 Å². The monoisotopic (exact) mass is 337 g/mol. The van der Waals surface area contributed by atoms with Crippen molar-refractivity contribution in [1.29, 1.82) is 0 Å². The standard InChI is InChI=1S/C22H27NO2/c1-17(22(24)20-8-10-21(25-2)11-9-20)23-14-12-19(13-15-23)16-18-6-4-3-5-7-18/h3-12,17,22,24H,13-16H2,1-2H3/t17-,22-/m1/s1. The largest absolute Gasteiger partial charge is 0.497 e. The maximum absolute atomic E-state index is 10.7. The molecule has 132 valence electrons. The van der Waals surface area contributed by atoms with Crippen LogP contribution in [-0.2, 0) is 6.42 Å². The fourth-order valence-corrected chi connectivity index (χ4v) is 3.39. The second-order valence-corrected chi connectivity index (χ2v) is 6.73. The van der Waals surface area contributed by atoms with Gasteiger partial charge in [0.05, 0.1) is 13.2 Å². The molecule has 0 saturated heterocycles. The van der Waals surface area contributed by atoms with Crippen LogP contribution in [0.15, 0.2) is 66.2 Å². The van der Waals surface area contributed by atoms with Gasteiger partial charge in [-0.15, -0.1) is 0 Å². The highest BCUT2D eigenvalue weighted by molar-refractivity contribution is 5.29. The molecule has 1 aliphatic rings. The Labute approximate surface area is 150 Å². The molecule has 0 saturated carbocycles. The molecule has 3 heteroatoms. The lowest BCUT2D eigenvalue weighted by atomic mass is 9.96. The second-order valence-electron chi connectivity index (χ2n) is 6.73. The normalized spacial score (nSPS) is 17.6. The number of ether oxygens (including phenoxy) is 1. The molecule has 2 aromatic rings. The van der Waals surface area contributed by atoms with Crippen molar-refractivity contribution in [2.24, 2.45) is 0 Å². The van der Waals surface area contributed by atoms with Gasteiger partial charge in [0, 0.05) is 19.1 Å². The van der Waals surface area contributed by atoms with Gasteiger partial charge in [-0.05, 0) is 43.0 Å². The Morgan fingerprint density at radius 3 is 2.40 bits per heavy atom. The van der Waals surface area contributed by atoms with Gasteiger partial charge in [-0.1, -0.05) is 54.1 Å². The molecule has 2 atom stereocenters. The van der Waals surface area contributed by atoms with E-state index in [0.29, 0.717) is 0 Å². The quantitative estimate of drug-likeness (QED) is 0.809. The van der Waals surface area contributed by atoms with Gasteiger partial charge >= 0.3 is 0 Å². The number of hydrogen-bond donors (Lipinski definition) is 1. The molecule has 0 spiro atoms. The zero-order valence-corrected chi connectivity index (χ0v) is 15.1. The summed E-state index contributed by atoms with van der Waals surface area (Å²) in [5, 5.41) is 10.7. The number of aliphatic hydroxyl groups is 1. The Balaban J connectivity index is 1.59. The van der Waals surface area contributed by atoms with Crippen LogP contribution in [0.4, 0.5) is 0 Å². The van der Waals surface area contributed by atoms with Gasteiger partial charge in [0.2, 0.25) is 0 Å². The second kappa shape index (κ2) is 8.32. The van der Waals surface area contributed by atoms with Gasteiger partial charge < -0.3 is 9.84 Å². The lowest BCUT2D eigenvalue weighted by Crippen LogP contribution is -2.40. The zero-order valence-electron chi connectivity index (χ0n) is 15.1. The van der Waals surface area contributed by atoms with Gasteiger partial charge in [-0.3, -0.25) is 4.90 Å². The number of aliphatic hydroxyl groups excluding tert-OH is 1. The number of benzene rings is 2. The van der Waals surface area contributed by atoms with E-state index in [2.05, 4.69) is 48.2 Å². The van der Waals surface area contributed by atoms with Crippen molar-refractivity contribution < 1.29 is 9.84 Å². The Bertz CT molecular complexity index is 694. The van der Waals surface area contributed by atoms with Crippen LogP contribution >= 0.6 is 0 Å². The molecule has 1 heterocycles. The molecule has 1 N–H and O–H groups in total. The summed E-state index contributed by atoms with van der Waals surface area (Å²) in [7, 11) is 1.65. The predicted octanol–water partition coefficient (Wildman–Crippen LogP) is 3.99. The third kappa shape index (κ3) is 4.50. The zero-order chi connectivity index (χ0) is 17.6. The molecule has 1 aliphatic heterocycles. The summed E-state index contributed by atoms with van der Waals surface area (Å²) < 4.78 is 5.19. The van der Waals surface area contributed by atoms with E-state index in [0.717, 1.165) is 37.2 Å². The average Bonchev–Trinajstić information content (AvgIpc) is 2.68. The molecule has 0 radical (unpaired) electrons. The van der Waals surface area contributed by atoms with Crippen LogP contribution in [0.25, 0.3) is 0 Å². The summed E-state index contributed by atoms with van der Waals surface area (Å²) in [5.74, 6) is 0.815. The van der Waals surface area contributed by atoms with Crippen molar-refractivity contribution in [3.63, 3.8) is 0 Å². The topological polar surface area (TPSA) is 32.7 Å². The Morgan fingerprint density at radius 2 is 1.80 bits per heavy atom. The first-order chi connectivity index (χ1) is 12.2. The van der Waals surface area contributed by atoms with Crippen molar-refractivity contribution in [2.45, 2.75) is 31.9 Å². The van der Waals surface area contributed by atoms with Gasteiger partial charge in [-0.2, -0.15) is 0 Å². The average molecular weight is 337 g/mol. The van der Waals surface area contributed by atoms with Crippen molar-refractivity contribution in [3.05, 3.63) is 77.4 Å². The summed E-state index contributed by atoms with van der Waals surface area (Å²) in [4.78, 5) is 2.35. The van der Waals surface area contributed by atoms with Crippen molar-refractivity contribution >= 4 is 0 Å². The Hall–Kier alpha value is -2.10. The molecular formula is C22H27NO2. The number of rotatable bonds is 6. The third-order valence-electron chi connectivity index (χ3n) is 5.10. The SMILES string of the molecule is COc1ccc([C@H](O)[C@@H](C)N2CC=C(Cc3ccccc3)CC2)cc1. The van der Waals surface area contributed by atoms with Gasteiger partial charge in [-0.25, -0.2) is 0 Å². The summed E-state index contributed by atoms with van der Waals surface area (Å²) >= 11 is 0. The van der Waals surface area contributed by atoms with E-state index in [-0.39, 0.29) is 6.04 Å². The summed E-state index contributed by atoms with van der Waals surface area (Å²) in [5.41, 5.74) is 3.80. The Morgan fingerprint density at radius 1 is 1.08 bits per heavy atom. The molecular weight excluding hydrogens is 310 g/mol. The molecule has 0 amide bonds. The van der Waals surface area contributed by atoms with Crippen molar-refractivity contribution in [2.75, 3.05) is 20.2 Å². The highest BCUT2D eigenvalue weighted by Crippen LogP contribution is 2.26. The van der Waals surface area contributed by atoms with Crippen LogP contribution in [0.5, 0.6) is 5.75 Å². The van der Waals surface area contributed by atoms with Crippen LogP contribution < -0.4 is 4.74 Å². The third-order valence-corrected chi connectivity index (χ3v) is 5.10.